The third kappa shape index (κ3) is 6.19. The van der Waals surface area contributed by atoms with Crippen molar-refractivity contribution in [2.75, 3.05) is 18.4 Å². The van der Waals surface area contributed by atoms with Crippen LogP contribution in [0.3, 0.4) is 0 Å². The van der Waals surface area contributed by atoms with E-state index >= 15 is 0 Å². The quantitative estimate of drug-likeness (QED) is 0.331. The van der Waals surface area contributed by atoms with Gasteiger partial charge in [-0.2, -0.15) is 5.10 Å². The van der Waals surface area contributed by atoms with Crippen molar-refractivity contribution in [3.05, 3.63) is 81.4 Å². The molecular formula is C26H26F3N5O5. The van der Waals surface area contributed by atoms with Gasteiger partial charge in [-0.3, -0.25) is 14.9 Å². The number of hydrogen-bond donors (Lipinski definition) is 1. The van der Waals surface area contributed by atoms with Crippen molar-refractivity contribution < 1.29 is 32.4 Å². The maximum Gasteiger partial charge on any atom is 0.410 e. The summed E-state index contributed by atoms with van der Waals surface area (Å²) in [4.78, 5) is 37.7. The van der Waals surface area contributed by atoms with Crippen molar-refractivity contribution in [3.63, 3.8) is 0 Å². The van der Waals surface area contributed by atoms with E-state index in [2.05, 4.69) is 10.4 Å². The van der Waals surface area contributed by atoms with Crippen LogP contribution in [-0.2, 0) is 4.74 Å². The van der Waals surface area contributed by atoms with Gasteiger partial charge in [-0.15, -0.1) is 0 Å². The Kier molecular flexibility index (Phi) is 7.61. The summed E-state index contributed by atoms with van der Waals surface area (Å²) in [7, 11) is 0. The second-order valence-corrected chi connectivity index (χ2v) is 10.1. The number of benzene rings is 2. The monoisotopic (exact) mass is 545 g/mol. The summed E-state index contributed by atoms with van der Waals surface area (Å²) in [6, 6.07) is 5.62. The summed E-state index contributed by atoms with van der Waals surface area (Å²) >= 11 is 0. The van der Waals surface area contributed by atoms with Gasteiger partial charge in [0.25, 0.3) is 11.6 Å². The highest BCUT2D eigenvalue weighted by molar-refractivity contribution is 6.05. The maximum atomic E-state index is 14.8. The first kappa shape index (κ1) is 27.6. The molecule has 206 valence electrons. The minimum Gasteiger partial charge on any atom is -0.444 e. The predicted molar refractivity (Wildman–Crippen MR) is 134 cm³/mol. The normalized spacial score (nSPS) is 14.3. The van der Waals surface area contributed by atoms with Crippen molar-refractivity contribution in [1.29, 1.82) is 0 Å². The van der Waals surface area contributed by atoms with E-state index in [9.17, 15) is 32.9 Å². The summed E-state index contributed by atoms with van der Waals surface area (Å²) in [5.74, 6) is -3.82. The van der Waals surface area contributed by atoms with Crippen molar-refractivity contribution in [2.45, 2.75) is 45.1 Å². The third-order valence-corrected chi connectivity index (χ3v) is 6.13. The van der Waals surface area contributed by atoms with Crippen LogP contribution in [0.15, 0.2) is 42.6 Å². The molecule has 2 aromatic carbocycles. The zero-order valence-corrected chi connectivity index (χ0v) is 21.4. The number of nitrogens with one attached hydrogen (secondary N) is 1. The van der Waals surface area contributed by atoms with E-state index in [0.717, 1.165) is 24.3 Å². The van der Waals surface area contributed by atoms with Crippen LogP contribution >= 0.6 is 0 Å². The topological polar surface area (TPSA) is 120 Å². The number of hydrogen-bond acceptors (Lipinski definition) is 6. The highest BCUT2D eigenvalue weighted by atomic mass is 19.1. The fourth-order valence-electron chi connectivity index (χ4n) is 4.34. The van der Waals surface area contributed by atoms with Gasteiger partial charge in [0.05, 0.1) is 28.1 Å². The minimum atomic E-state index is -0.915. The Labute approximate surface area is 221 Å². The molecule has 1 aliphatic heterocycles. The lowest BCUT2D eigenvalue weighted by atomic mass is 9.90. The number of likely N-dealkylation sites (tertiary alicyclic amines) is 1. The van der Waals surface area contributed by atoms with Gasteiger partial charge in [-0.05, 0) is 51.8 Å². The van der Waals surface area contributed by atoms with Gasteiger partial charge >= 0.3 is 6.09 Å². The number of halogens is 3. The molecular weight excluding hydrogens is 519 g/mol. The van der Waals surface area contributed by atoms with Crippen LogP contribution in [-0.4, -0.2) is 50.3 Å². The van der Waals surface area contributed by atoms with Crippen LogP contribution in [0.4, 0.5) is 29.3 Å². The molecule has 4 rings (SSSR count). The van der Waals surface area contributed by atoms with Gasteiger partial charge in [0.2, 0.25) is 0 Å². The molecule has 13 heteroatoms. The molecule has 10 nitrogen and oxygen atoms in total. The fourth-order valence-corrected chi connectivity index (χ4v) is 4.34. The second-order valence-electron chi connectivity index (χ2n) is 10.1. The smallest absolute Gasteiger partial charge is 0.410 e. The first-order valence-corrected chi connectivity index (χ1v) is 12.1. The molecule has 1 fully saturated rings. The molecule has 1 aliphatic rings. The number of nitro benzene ring substituents is 1. The van der Waals surface area contributed by atoms with Gasteiger partial charge in [-0.25, -0.2) is 22.6 Å². The maximum absolute atomic E-state index is 14.8. The number of carbonyl (C=O) groups is 2. The summed E-state index contributed by atoms with van der Waals surface area (Å²) in [6.07, 6.45) is 1.40. The summed E-state index contributed by atoms with van der Waals surface area (Å²) in [5.41, 5.74) is -1.39. The number of nitro groups is 1. The number of aromatic nitrogens is 2. The van der Waals surface area contributed by atoms with Crippen LogP contribution in [0.25, 0.3) is 5.69 Å². The van der Waals surface area contributed by atoms with Crippen LogP contribution in [0.5, 0.6) is 0 Å². The average Bonchev–Trinajstić information content (AvgIpc) is 3.29. The largest absolute Gasteiger partial charge is 0.444 e. The lowest BCUT2D eigenvalue weighted by Crippen LogP contribution is -2.41. The molecule has 0 atom stereocenters. The Morgan fingerprint density at radius 3 is 2.38 bits per heavy atom. The molecule has 1 N–H and O–H groups in total. The number of rotatable bonds is 5. The van der Waals surface area contributed by atoms with Crippen LogP contribution in [0, 0.1) is 27.6 Å². The minimum absolute atomic E-state index is 0.0275. The van der Waals surface area contributed by atoms with E-state index in [1.807, 2.05) is 0 Å². The van der Waals surface area contributed by atoms with Crippen molar-refractivity contribution >= 4 is 23.4 Å². The highest BCUT2D eigenvalue weighted by Crippen LogP contribution is 2.34. The molecule has 2 amide bonds. The number of non-ortho nitro benzene ring substituents is 1. The molecule has 0 saturated carbocycles. The molecule has 0 bridgehead atoms. The van der Waals surface area contributed by atoms with Gasteiger partial charge in [0, 0.05) is 37.2 Å². The Morgan fingerprint density at radius 2 is 1.77 bits per heavy atom. The summed E-state index contributed by atoms with van der Waals surface area (Å²) in [5, 5.41) is 17.6. The van der Waals surface area contributed by atoms with Crippen molar-refractivity contribution in [2.24, 2.45) is 0 Å². The standard InChI is InChI=1S/C26H26F3N5O5/c1-26(2,3)39-25(36)32-10-8-15(9-11-32)23-18(14-30-33(23)22-7-4-16(27)12-20(22)29)24(35)31-21-13-17(34(37)38)5-6-19(21)28/h4-7,12-15H,8-11H2,1-3H3,(H,31,35). The number of ether oxygens (including phenoxy) is 1. The van der Waals surface area contributed by atoms with Gasteiger partial charge in [0.1, 0.15) is 22.9 Å². The SMILES string of the molecule is CC(C)(C)OC(=O)N1CCC(c2c(C(=O)Nc3cc([N+](=O)[O-])ccc3F)cnn2-c2ccc(F)cc2F)CC1. The van der Waals surface area contributed by atoms with E-state index in [1.54, 1.807) is 20.8 Å². The molecule has 1 saturated heterocycles. The zero-order valence-electron chi connectivity index (χ0n) is 21.4. The molecule has 0 aliphatic carbocycles. The van der Waals surface area contributed by atoms with E-state index in [4.69, 9.17) is 4.74 Å². The first-order valence-electron chi connectivity index (χ1n) is 12.1. The molecule has 39 heavy (non-hydrogen) atoms. The van der Waals surface area contributed by atoms with Crippen LogP contribution in [0.2, 0.25) is 0 Å². The van der Waals surface area contributed by atoms with E-state index in [1.165, 1.54) is 21.8 Å². The van der Waals surface area contributed by atoms with Gasteiger partial charge < -0.3 is 15.0 Å². The Hall–Kier alpha value is -4.42. The van der Waals surface area contributed by atoms with Gasteiger partial charge in [-0.1, -0.05) is 0 Å². The average molecular weight is 546 g/mol. The number of piperidine rings is 1. The second kappa shape index (κ2) is 10.8. The van der Waals surface area contributed by atoms with E-state index < -0.39 is 57.3 Å². The Morgan fingerprint density at radius 1 is 1.08 bits per heavy atom. The van der Waals surface area contributed by atoms with E-state index in [0.29, 0.717) is 18.9 Å². The number of anilines is 1. The molecule has 3 aromatic rings. The molecule has 0 radical (unpaired) electrons. The van der Waals surface area contributed by atoms with Crippen LogP contribution < -0.4 is 5.32 Å². The highest BCUT2D eigenvalue weighted by Gasteiger charge is 2.33. The number of amides is 2. The van der Waals surface area contributed by atoms with E-state index in [-0.39, 0.29) is 30.0 Å². The molecule has 1 aromatic heterocycles. The number of carbonyl (C=O) groups excluding carboxylic acids is 2. The molecule has 0 spiro atoms. The Balaban J connectivity index is 1.67. The summed E-state index contributed by atoms with van der Waals surface area (Å²) < 4.78 is 49.3. The molecule has 2 heterocycles. The lowest BCUT2D eigenvalue weighted by Gasteiger charge is -2.34. The fraction of sp³-hybridized carbons (Fsp3) is 0.346. The zero-order chi connectivity index (χ0) is 28.5. The van der Waals surface area contributed by atoms with Crippen molar-refractivity contribution in [1.82, 2.24) is 14.7 Å². The number of nitrogens with zero attached hydrogens (tertiary/aromatic N) is 4. The van der Waals surface area contributed by atoms with Crippen molar-refractivity contribution in [3.8, 4) is 5.69 Å². The third-order valence-electron chi connectivity index (χ3n) is 6.13. The Bertz CT molecular complexity index is 1430. The predicted octanol–water partition coefficient (Wildman–Crippen LogP) is 5.56. The summed E-state index contributed by atoms with van der Waals surface area (Å²) in [6.45, 7) is 5.81. The van der Waals surface area contributed by atoms with Crippen LogP contribution in [0.1, 0.15) is 55.6 Å². The molecule has 0 unspecified atom stereocenters. The first-order chi connectivity index (χ1) is 18.3. The van der Waals surface area contributed by atoms with Gasteiger partial charge in [0.15, 0.2) is 5.82 Å². The lowest BCUT2D eigenvalue weighted by molar-refractivity contribution is -0.384.